The summed E-state index contributed by atoms with van der Waals surface area (Å²) >= 11 is 7.15. The summed E-state index contributed by atoms with van der Waals surface area (Å²) in [5.41, 5.74) is 0.754. The van der Waals surface area contributed by atoms with E-state index in [1.165, 1.54) is 20.2 Å². The summed E-state index contributed by atoms with van der Waals surface area (Å²) in [6.07, 6.45) is 3.03. The molecule has 2 rings (SSSR count). The van der Waals surface area contributed by atoms with E-state index >= 15 is 0 Å². The van der Waals surface area contributed by atoms with Crippen molar-refractivity contribution in [3.63, 3.8) is 0 Å². The van der Waals surface area contributed by atoms with E-state index in [4.69, 9.17) is 11.6 Å². The third-order valence-corrected chi connectivity index (χ3v) is 6.84. The molecule has 8 heteroatoms. The lowest BCUT2D eigenvalue weighted by Gasteiger charge is -2.08. The molecular weight excluding hydrogens is 368 g/mol. The van der Waals surface area contributed by atoms with Gasteiger partial charge in [0.25, 0.3) is 10.0 Å². The van der Waals surface area contributed by atoms with Gasteiger partial charge in [0, 0.05) is 30.1 Å². The molecule has 5 nitrogen and oxygen atoms in total. The lowest BCUT2D eigenvalue weighted by molar-refractivity contribution is -0.116. The molecule has 128 valence electrons. The second kappa shape index (κ2) is 7.94. The van der Waals surface area contributed by atoms with Crippen LogP contribution in [0.25, 0.3) is 6.08 Å². The Hall–Kier alpha value is -1.67. The first-order valence-electron chi connectivity index (χ1n) is 7.02. The van der Waals surface area contributed by atoms with Gasteiger partial charge in [-0.15, -0.1) is 11.3 Å². The summed E-state index contributed by atoms with van der Waals surface area (Å²) in [6.45, 7) is 0.263. The fourth-order valence-corrected chi connectivity index (χ4v) is 4.44. The van der Waals surface area contributed by atoms with Crippen molar-refractivity contribution in [1.82, 2.24) is 9.62 Å². The Labute approximate surface area is 150 Å². The second-order valence-corrected chi connectivity index (χ2v) is 9.04. The van der Waals surface area contributed by atoms with Crippen LogP contribution in [0, 0.1) is 0 Å². The largest absolute Gasteiger partial charge is 0.348 e. The number of halogens is 1. The molecule has 0 radical (unpaired) electrons. The van der Waals surface area contributed by atoms with E-state index in [-0.39, 0.29) is 16.7 Å². The molecule has 0 spiro atoms. The Kier molecular flexibility index (Phi) is 6.17. The first-order valence-corrected chi connectivity index (χ1v) is 9.66. The van der Waals surface area contributed by atoms with Crippen LogP contribution >= 0.6 is 22.9 Å². The molecule has 0 saturated heterocycles. The van der Waals surface area contributed by atoms with Crippen LogP contribution in [0.15, 0.2) is 46.7 Å². The standard InChI is InChI=1S/C16H17ClN2O3S2/c1-19(2)24(21,22)16-10-8-13(23-16)11-18-15(20)9-7-12-5-3-4-6-14(12)17/h3-10H,11H2,1-2H3,(H,18,20)/b9-7+. The summed E-state index contributed by atoms with van der Waals surface area (Å²) in [7, 11) is -0.471. The number of thiophene rings is 1. The predicted molar refractivity (Wildman–Crippen MR) is 97.5 cm³/mol. The summed E-state index contributed by atoms with van der Waals surface area (Å²) in [5, 5.41) is 3.28. The molecule has 0 aliphatic carbocycles. The summed E-state index contributed by atoms with van der Waals surface area (Å²) in [4.78, 5) is 12.6. The van der Waals surface area contributed by atoms with Gasteiger partial charge in [0.2, 0.25) is 5.91 Å². The predicted octanol–water partition coefficient (Wildman–Crippen LogP) is 2.98. The van der Waals surface area contributed by atoms with Gasteiger partial charge in [0.05, 0.1) is 6.54 Å². The Morgan fingerprint density at radius 3 is 2.62 bits per heavy atom. The van der Waals surface area contributed by atoms with Crippen molar-refractivity contribution in [2.24, 2.45) is 0 Å². The number of carbonyl (C=O) groups excluding carboxylic acids is 1. The van der Waals surface area contributed by atoms with Gasteiger partial charge in [0.1, 0.15) is 4.21 Å². The number of sulfonamides is 1. The average molecular weight is 385 g/mol. The Bertz CT molecular complexity index is 858. The van der Waals surface area contributed by atoms with Crippen LogP contribution in [0.4, 0.5) is 0 Å². The van der Waals surface area contributed by atoms with Gasteiger partial charge in [-0.25, -0.2) is 12.7 Å². The molecule has 24 heavy (non-hydrogen) atoms. The van der Waals surface area contributed by atoms with E-state index in [9.17, 15) is 13.2 Å². The zero-order chi connectivity index (χ0) is 17.7. The fourth-order valence-electron chi connectivity index (χ4n) is 1.78. The molecule has 2 aromatic rings. The molecule has 0 aliphatic rings. The van der Waals surface area contributed by atoms with Gasteiger partial charge < -0.3 is 5.32 Å². The highest BCUT2D eigenvalue weighted by molar-refractivity contribution is 7.91. The number of carbonyl (C=O) groups is 1. The van der Waals surface area contributed by atoms with E-state index in [0.717, 1.165) is 26.1 Å². The first kappa shape index (κ1) is 18.7. The van der Waals surface area contributed by atoms with Crippen LogP contribution in [-0.4, -0.2) is 32.7 Å². The van der Waals surface area contributed by atoms with E-state index in [0.29, 0.717) is 5.02 Å². The third-order valence-electron chi connectivity index (χ3n) is 3.13. The van der Waals surface area contributed by atoms with Crippen molar-refractivity contribution in [1.29, 1.82) is 0 Å². The normalized spacial score (nSPS) is 12.0. The van der Waals surface area contributed by atoms with Gasteiger partial charge in [-0.1, -0.05) is 29.8 Å². The average Bonchev–Trinajstić information content (AvgIpc) is 3.01. The van der Waals surface area contributed by atoms with Gasteiger partial charge in [-0.2, -0.15) is 0 Å². The van der Waals surface area contributed by atoms with Crippen molar-refractivity contribution in [3.8, 4) is 0 Å². The Balaban J connectivity index is 1.96. The molecule has 1 N–H and O–H groups in total. The van der Waals surface area contributed by atoms with Gasteiger partial charge in [-0.05, 0) is 29.8 Å². The number of benzene rings is 1. The van der Waals surface area contributed by atoms with Crippen LogP contribution in [0.1, 0.15) is 10.4 Å². The SMILES string of the molecule is CN(C)S(=O)(=O)c1ccc(CNC(=O)/C=C/c2ccccc2Cl)s1. The van der Waals surface area contributed by atoms with Gasteiger partial charge in [0.15, 0.2) is 0 Å². The van der Waals surface area contributed by atoms with Crippen molar-refractivity contribution in [2.75, 3.05) is 14.1 Å². The zero-order valence-electron chi connectivity index (χ0n) is 13.2. The fraction of sp³-hybridized carbons (Fsp3) is 0.188. The Morgan fingerprint density at radius 1 is 1.25 bits per heavy atom. The number of hydrogen-bond donors (Lipinski definition) is 1. The van der Waals surface area contributed by atoms with E-state index in [1.54, 1.807) is 24.3 Å². The maximum absolute atomic E-state index is 12.0. The van der Waals surface area contributed by atoms with Crippen LogP contribution in [0.2, 0.25) is 5.02 Å². The zero-order valence-corrected chi connectivity index (χ0v) is 15.6. The summed E-state index contributed by atoms with van der Waals surface area (Å²) in [5.74, 6) is -0.277. The highest BCUT2D eigenvalue weighted by Crippen LogP contribution is 2.23. The van der Waals surface area contributed by atoms with Crippen molar-refractivity contribution >= 4 is 44.9 Å². The maximum Gasteiger partial charge on any atom is 0.252 e. The molecule has 1 aromatic heterocycles. The minimum absolute atomic E-state index is 0.253. The number of nitrogens with one attached hydrogen (secondary N) is 1. The Morgan fingerprint density at radius 2 is 1.96 bits per heavy atom. The van der Waals surface area contributed by atoms with E-state index in [1.807, 2.05) is 18.2 Å². The van der Waals surface area contributed by atoms with Gasteiger partial charge >= 0.3 is 0 Å². The quantitative estimate of drug-likeness (QED) is 0.778. The van der Waals surface area contributed by atoms with E-state index in [2.05, 4.69) is 5.32 Å². The monoisotopic (exact) mass is 384 g/mol. The molecule has 1 amide bonds. The number of nitrogens with zero attached hydrogens (tertiary/aromatic N) is 1. The van der Waals surface area contributed by atoms with Crippen LogP contribution < -0.4 is 5.32 Å². The number of hydrogen-bond acceptors (Lipinski definition) is 4. The minimum atomic E-state index is -3.44. The third kappa shape index (κ3) is 4.67. The van der Waals surface area contributed by atoms with Gasteiger partial charge in [-0.3, -0.25) is 4.79 Å². The topological polar surface area (TPSA) is 66.5 Å². The summed E-state index contributed by atoms with van der Waals surface area (Å²) in [6, 6.07) is 10.4. The molecule has 0 bridgehead atoms. The van der Waals surface area contributed by atoms with Crippen molar-refractivity contribution in [3.05, 3.63) is 57.9 Å². The van der Waals surface area contributed by atoms with Crippen molar-refractivity contribution in [2.45, 2.75) is 10.8 Å². The molecule has 1 aromatic carbocycles. The lowest BCUT2D eigenvalue weighted by Crippen LogP contribution is -2.21. The van der Waals surface area contributed by atoms with Crippen LogP contribution in [0.3, 0.4) is 0 Å². The first-order chi connectivity index (χ1) is 11.3. The molecule has 0 saturated carbocycles. The maximum atomic E-state index is 12.0. The molecule has 0 atom stereocenters. The lowest BCUT2D eigenvalue weighted by atomic mass is 10.2. The smallest absolute Gasteiger partial charge is 0.252 e. The second-order valence-electron chi connectivity index (χ2n) is 5.08. The number of amides is 1. The highest BCUT2D eigenvalue weighted by Gasteiger charge is 2.19. The van der Waals surface area contributed by atoms with Crippen LogP contribution in [0.5, 0.6) is 0 Å². The van der Waals surface area contributed by atoms with Crippen molar-refractivity contribution < 1.29 is 13.2 Å². The molecule has 0 fully saturated rings. The molecule has 0 aliphatic heterocycles. The van der Waals surface area contributed by atoms with E-state index < -0.39 is 10.0 Å². The molecular formula is C16H17ClN2O3S2. The summed E-state index contributed by atoms with van der Waals surface area (Å²) < 4.78 is 25.4. The molecule has 0 unspecified atom stereocenters. The molecule has 1 heterocycles. The van der Waals surface area contributed by atoms with Crippen LogP contribution in [-0.2, 0) is 21.4 Å². The minimum Gasteiger partial charge on any atom is -0.348 e. The highest BCUT2D eigenvalue weighted by atomic mass is 35.5. The number of rotatable bonds is 6.